The number of hydrogen-bond donors (Lipinski definition) is 4. The lowest BCUT2D eigenvalue weighted by molar-refractivity contribution is 0.361. The quantitative estimate of drug-likeness (QED) is 0.185. The zero-order valence-corrected chi connectivity index (χ0v) is 17.6. The summed E-state index contributed by atoms with van der Waals surface area (Å²) in [6.07, 6.45) is 12.9. The maximum atomic E-state index is 8.60. The summed E-state index contributed by atoms with van der Waals surface area (Å²) in [6, 6.07) is 0. The van der Waals surface area contributed by atoms with Gasteiger partial charge in [0.1, 0.15) is 0 Å². The molecule has 0 aliphatic carbocycles. The minimum Gasteiger partial charge on any atom is -0.391 e. The van der Waals surface area contributed by atoms with Gasteiger partial charge in [0.25, 0.3) is 0 Å². The highest BCUT2D eigenvalue weighted by molar-refractivity contribution is 5.57. The number of unbranched alkanes of at least 4 members (excludes halogenated alkanes) is 4. The van der Waals surface area contributed by atoms with E-state index < -0.39 is 0 Å². The minimum absolute atomic E-state index is 0.0622. The highest BCUT2D eigenvalue weighted by Gasteiger charge is 2.01. The molecule has 5 heteroatoms. The second kappa shape index (κ2) is 22.6. The van der Waals surface area contributed by atoms with Crippen LogP contribution in [-0.4, -0.2) is 63.7 Å². The second-order valence-electron chi connectivity index (χ2n) is 7.34. The van der Waals surface area contributed by atoms with Crippen LogP contribution < -0.4 is 16.0 Å². The van der Waals surface area contributed by atoms with Crippen molar-refractivity contribution >= 4 is 6.21 Å². The molecule has 0 amide bonds. The van der Waals surface area contributed by atoms with Crippen molar-refractivity contribution < 1.29 is 5.11 Å². The third kappa shape index (κ3) is 21.6. The summed E-state index contributed by atoms with van der Waals surface area (Å²) in [7, 11) is 0. The van der Waals surface area contributed by atoms with E-state index in [0.717, 1.165) is 45.1 Å². The Hall–Kier alpha value is -0.490. The number of aliphatic hydroxyl groups excluding tert-OH is 1. The standard InChI is InChI=1S/C21H46N4O/c1-3-12-22-13-6-4-7-14-23-16-9-10-17-25-20-21(2)11-5-8-15-24-18-19-26/h18,21-23,25-26H,3-17,19-20H2,1-2H3. The highest BCUT2D eigenvalue weighted by Crippen LogP contribution is 2.06. The Balaban J connectivity index is 3.13. The van der Waals surface area contributed by atoms with Crippen LogP contribution in [0.2, 0.25) is 0 Å². The van der Waals surface area contributed by atoms with Gasteiger partial charge in [-0.25, -0.2) is 0 Å². The summed E-state index contributed by atoms with van der Waals surface area (Å²) in [4.78, 5) is 4.13. The van der Waals surface area contributed by atoms with Crippen LogP contribution >= 0.6 is 0 Å². The zero-order chi connectivity index (χ0) is 19.1. The second-order valence-corrected chi connectivity index (χ2v) is 7.34. The number of rotatable bonds is 21. The van der Waals surface area contributed by atoms with Crippen LogP contribution in [0.3, 0.4) is 0 Å². The van der Waals surface area contributed by atoms with Crippen LogP contribution in [0.5, 0.6) is 0 Å². The van der Waals surface area contributed by atoms with Gasteiger partial charge in [-0.15, -0.1) is 0 Å². The lowest BCUT2D eigenvalue weighted by Gasteiger charge is -2.12. The third-order valence-electron chi connectivity index (χ3n) is 4.53. The van der Waals surface area contributed by atoms with Crippen molar-refractivity contribution in [3.63, 3.8) is 0 Å². The summed E-state index contributed by atoms with van der Waals surface area (Å²) in [6.45, 7) is 12.4. The lowest BCUT2D eigenvalue weighted by Crippen LogP contribution is -2.23. The van der Waals surface area contributed by atoms with Gasteiger partial charge < -0.3 is 21.1 Å². The molecule has 0 aliphatic heterocycles. The van der Waals surface area contributed by atoms with Gasteiger partial charge in [-0.05, 0) is 90.1 Å². The van der Waals surface area contributed by atoms with Gasteiger partial charge in [0.05, 0.1) is 6.61 Å². The van der Waals surface area contributed by atoms with Crippen molar-refractivity contribution in [2.75, 3.05) is 52.4 Å². The molecule has 0 aromatic carbocycles. The molecule has 0 radical (unpaired) electrons. The Labute approximate surface area is 162 Å². The molecule has 4 N–H and O–H groups in total. The van der Waals surface area contributed by atoms with Crippen LogP contribution in [-0.2, 0) is 0 Å². The zero-order valence-electron chi connectivity index (χ0n) is 17.6. The number of nitrogens with zero attached hydrogens (tertiary/aromatic N) is 1. The van der Waals surface area contributed by atoms with E-state index in [1.54, 1.807) is 6.21 Å². The maximum absolute atomic E-state index is 8.60. The van der Waals surface area contributed by atoms with Gasteiger partial charge in [0.15, 0.2) is 0 Å². The van der Waals surface area contributed by atoms with Crippen molar-refractivity contribution in [1.29, 1.82) is 0 Å². The van der Waals surface area contributed by atoms with Gasteiger partial charge in [-0.1, -0.05) is 26.7 Å². The molecule has 156 valence electrons. The number of aliphatic hydroxyl groups is 1. The first kappa shape index (κ1) is 25.5. The first-order valence-corrected chi connectivity index (χ1v) is 11.0. The molecule has 0 aliphatic rings. The van der Waals surface area contributed by atoms with E-state index in [0.29, 0.717) is 0 Å². The number of nitrogens with one attached hydrogen (secondary N) is 3. The fraction of sp³-hybridized carbons (Fsp3) is 0.952. The molecule has 0 aromatic heterocycles. The molecule has 0 fully saturated rings. The predicted octanol–water partition coefficient (Wildman–Crippen LogP) is 2.99. The van der Waals surface area contributed by atoms with Crippen LogP contribution in [0.4, 0.5) is 0 Å². The fourth-order valence-corrected chi connectivity index (χ4v) is 2.90. The van der Waals surface area contributed by atoms with Crippen molar-refractivity contribution in [3.05, 3.63) is 0 Å². The van der Waals surface area contributed by atoms with E-state index in [4.69, 9.17) is 5.11 Å². The first-order valence-electron chi connectivity index (χ1n) is 11.0. The van der Waals surface area contributed by atoms with Crippen molar-refractivity contribution in [2.24, 2.45) is 10.9 Å². The fourth-order valence-electron chi connectivity index (χ4n) is 2.90. The van der Waals surface area contributed by atoms with Gasteiger partial charge in [-0.3, -0.25) is 4.99 Å². The van der Waals surface area contributed by atoms with Gasteiger partial charge in [0.2, 0.25) is 0 Å². The smallest absolute Gasteiger partial charge is 0.0779 e. The van der Waals surface area contributed by atoms with E-state index in [9.17, 15) is 0 Å². The van der Waals surface area contributed by atoms with E-state index >= 15 is 0 Å². The first-order chi connectivity index (χ1) is 12.8. The molecule has 0 rings (SSSR count). The average molecular weight is 371 g/mol. The van der Waals surface area contributed by atoms with Crippen LogP contribution in [0, 0.1) is 5.92 Å². The SMILES string of the molecule is CCCNCCCCCNCCCCNCC(C)CCCCN=CCO. The normalized spacial score (nSPS) is 12.9. The Morgan fingerprint density at radius 3 is 2.08 bits per heavy atom. The summed E-state index contributed by atoms with van der Waals surface area (Å²) in [5.41, 5.74) is 0. The molecule has 0 heterocycles. The van der Waals surface area contributed by atoms with Crippen molar-refractivity contribution in [3.8, 4) is 0 Å². The molecular formula is C21H46N4O. The van der Waals surface area contributed by atoms with Crippen molar-refractivity contribution in [2.45, 2.75) is 71.6 Å². The number of hydrogen-bond acceptors (Lipinski definition) is 5. The molecular weight excluding hydrogens is 324 g/mol. The van der Waals surface area contributed by atoms with Crippen LogP contribution in [0.1, 0.15) is 71.6 Å². The van der Waals surface area contributed by atoms with E-state index in [-0.39, 0.29) is 6.61 Å². The molecule has 0 saturated carbocycles. The monoisotopic (exact) mass is 370 g/mol. The Morgan fingerprint density at radius 2 is 1.42 bits per heavy atom. The largest absolute Gasteiger partial charge is 0.391 e. The molecule has 1 unspecified atom stereocenters. The minimum atomic E-state index is 0.0622. The Kier molecular flexibility index (Phi) is 22.1. The molecule has 0 saturated heterocycles. The maximum Gasteiger partial charge on any atom is 0.0779 e. The summed E-state index contributed by atoms with van der Waals surface area (Å²) >= 11 is 0. The van der Waals surface area contributed by atoms with Crippen LogP contribution in [0.25, 0.3) is 0 Å². The molecule has 0 spiro atoms. The van der Waals surface area contributed by atoms with Gasteiger partial charge in [0, 0.05) is 12.8 Å². The Morgan fingerprint density at radius 1 is 0.808 bits per heavy atom. The number of aliphatic imine (C=N–C) groups is 1. The van der Waals surface area contributed by atoms with Crippen molar-refractivity contribution in [1.82, 2.24) is 16.0 Å². The Bertz CT molecular complexity index is 287. The van der Waals surface area contributed by atoms with E-state index in [1.165, 1.54) is 64.5 Å². The average Bonchev–Trinajstić information content (AvgIpc) is 2.65. The van der Waals surface area contributed by atoms with E-state index in [1.807, 2.05) is 0 Å². The molecule has 5 nitrogen and oxygen atoms in total. The summed E-state index contributed by atoms with van der Waals surface area (Å²) in [5.74, 6) is 0.738. The van der Waals surface area contributed by atoms with E-state index in [2.05, 4.69) is 34.8 Å². The highest BCUT2D eigenvalue weighted by atomic mass is 16.2. The summed E-state index contributed by atoms with van der Waals surface area (Å²) in [5, 5.41) is 19.2. The molecule has 1 atom stereocenters. The van der Waals surface area contributed by atoms with Gasteiger partial charge in [-0.2, -0.15) is 0 Å². The van der Waals surface area contributed by atoms with Crippen LogP contribution in [0.15, 0.2) is 4.99 Å². The molecule has 26 heavy (non-hydrogen) atoms. The molecule has 0 bridgehead atoms. The predicted molar refractivity (Wildman–Crippen MR) is 115 cm³/mol. The third-order valence-corrected chi connectivity index (χ3v) is 4.53. The summed E-state index contributed by atoms with van der Waals surface area (Å²) < 4.78 is 0. The lowest BCUT2D eigenvalue weighted by atomic mass is 10.0. The molecule has 0 aromatic rings. The topological polar surface area (TPSA) is 68.7 Å². The van der Waals surface area contributed by atoms with Gasteiger partial charge >= 0.3 is 0 Å².